The average Bonchev–Trinajstić information content (AvgIpc) is 2.49. The zero-order valence-corrected chi connectivity index (χ0v) is 13.3. The van der Waals surface area contributed by atoms with Gasteiger partial charge >= 0.3 is 0 Å². The van der Waals surface area contributed by atoms with Crippen LogP contribution < -0.4 is 5.73 Å². The Morgan fingerprint density at radius 1 is 1.20 bits per heavy atom. The third-order valence-electron chi connectivity index (χ3n) is 5.08. The molecule has 1 aliphatic carbocycles. The molecule has 1 aromatic rings. The third kappa shape index (κ3) is 3.42. The molecule has 2 rings (SSSR count). The van der Waals surface area contributed by atoms with Gasteiger partial charge in [0.25, 0.3) is 0 Å². The topological polar surface area (TPSA) is 29.3 Å². The summed E-state index contributed by atoms with van der Waals surface area (Å²) in [6.07, 6.45) is 6.54. The Kier molecular flexibility index (Phi) is 5.62. The molecule has 2 N–H and O–H groups in total. The zero-order chi connectivity index (χ0) is 14.5. The van der Waals surface area contributed by atoms with E-state index in [0.717, 1.165) is 12.3 Å². The maximum absolute atomic E-state index is 6.09. The molecule has 0 amide bonds. The molecule has 3 atom stereocenters. The van der Waals surface area contributed by atoms with Crippen molar-refractivity contribution in [3.63, 3.8) is 0 Å². The molecule has 0 spiro atoms. The minimum absolute atomic E-state index is 0.353. The van der Waals surface area contributed by atoms with Crippen LogP contribution in [0.3, 0.4) is 0 Å². The average molecular weight is 274 g/mol. The summed E-state index contributed by atoms with van der Waals surface area (Å²) in [4.78, 5) is 2.53. The first-order valence-electron chi connectivity index (χ1n) is 8.18. The molecule has 112 valence electrons. The van der Waals surface area contributed by atoms with Crippen molar-refractivity contribution in [3.8, 4) is 0 Å². The van der Waals surface area contributed by atoms with Crippen molar-refractivity contribution in [3.05, 3.63) is 35.4 Å². The van der Waals surface area contributed by atoms with Gasteiger partial charge in [-0.15, -0.1) is 0 Å². The molecule has 2 heteroatoms. The Bertz CT molecular complexity index is 398. The predicted octanol–water partition coefficient (Wildman–Crippen LogP) is 3.76. The van der Waals surface area contributed by atoms with Gasteiger partial charge in [-0.3, -0.25) is 4.90 Å². The second-order valence-corrected chi connectivity index (χ2v) is 6.34. The minimum atomic E-state index is 0.353. The summed E-state index contributed by atoms with van der Waals surface area (Å²) >= 11 is 0. The lowest BCUT2D eigenvalue weighted by atomic mass is 9.84. The number of hydrogen-bond acceptors (Lipinski definition) is 2. The molecule has 3 unspecified atom stereocenters. The summed E-state index contributed by atoms with van der Waals surface area (Å²) in [5, 5.41) is 0. The van der Waals surface area contributed by atoms with Crippen molar-refractivity contribution in [1.29, 1.82) is 0 Å². The number of benzene rings is 1. The van der Waals surface area contributed by atoms with Crippen LogP contribution in [0.15, 0.2) is 24.3 Å². The van der Waals surface area contributed by atoms with Gasteiger partial charge in [-0.2, -0.15) is 0 Å². The van der Waals surface area contributed by atoms with Crippen LogP contribution in [0.5, 0.6) is 0 Å². The monoisotopic (exact) mass is 274 g/mol. The molecule has 1 saturated carbocycles. The fourth-order valence-electron chi connectivity index (χ4n) is 3.65. The minimum Gasteiger partial charge on any atom is -0.329 e. The Labute approximate surface area is 124 Å². The molecule has 1 aromatic carbocycles. The molecule has 0 radical (unpaired) electrons. The maximum atomic E-state index is 6.09. The highest BCUT2D eigenvalue weighted by atomic mass is 15.2. The van der Waals surface area contributed by atoms with E-state index in [-0.39, 0.29) is 0 Å². The van der Waals surface area contributed by atoms with Crippen molar-refractivity contribution in [1.82, 2.24) is 4.90 Å². The maximum Gasteiger partial charge on any atom is 0.0470 e. The first-order chi connectivity index (χ1) is 9.67. The van der Waals surface area contributed by atoms with Crippen molar-refractivity contribution >= 4 is 0 Å². The van der Waals surface area contributed by atoms with Gasteiger partial charge in [-0.25, -0.2) is 0 Å². The zero-order valence-electron chi connectivity index (χ0n) is 13.3. The summed E-state index contributed by atoms with van der Waals surface area (Å²) in [6, 6.07) is 10.1. The molecule has 0 aromatic heterocycles. The normalized spacial score (nSPS) is 24.9. The highest BCUT2D eigenvalue weighted by Crippen LogP contribution is 2.32. The van der Waals surface area contributed by atoms with Crippen LogP contribution in [0.1, 0.15) is 56.7 Å². The van der Waals surface area contributed by atoms with E-state index in [1.165, 1.54) is 36.8 Å². The summed E-state index contributed by atoms with van der Waals surface area (Å²) in [5.74, 6) is 0.790. The van der Waals surface area contributed by atoms with Crippen molar-refractivity contribution in [2.75, 3.05) is 13.6 Å². The summed E-state index contributed by atoms with van der Waals surface area (Å²) in [6.45, 7) is 5.30. The van der Waals surface area contributed by atoms with Gasteiger partial charge in [0.15, 0.2) is 0 Å². The number of aryl methyl sites for hydroxylation is 1. The number of nitrogens with two attached hydrogens (primary N) is 1. The van der Waals surface area contributed by atoms with E-state index >= 15 is 0 Å². The van der Waals surface area contributed by atoms with Gasteiger partial charge in [-0.1, -0.05) is 51.0 Å². The number of hydrogen-bond donors (Lipinski definition) is 1. The van der Waals surface area contributed by atoms with Crippen molar-refractivity contribution < 1.29 is 0 Å². The number of nitrogens with zero attached hydrogens (tertiary/aromatic N) is 1. The van der Waals surface area contributed by atoms with Crippen LogP contribution in [0.4, 0.5) is 0 Å². The lowest BCUT2D eigenvalue weighted by molar-refractivity contribution is 0.0992. The highest BCUT2D eigenvalue weighted by molar-refractivity contribution is 5.25. The first kappa shape index (κ1) is 15.5. The summed E-state index contributed by atoms with van der Waals surface area (Å²) in [7, 11) is 2.26. The Morgan fingerprint density at radius 2 is 1.85 bits per heavy atom. The van der Waals surface area contributed by atoms with Crippen LogP contribution in [0.2, 0.25) is 0 Å². The van der Waals surface area contributed by atoms with Gasteiger partial charge in [0.1, 0.15) is 0 Å². The summed E-state index contributed by atoms with van der Waals surface area (Å²) in [5.41, 5.74) is 8.85. The van der Waals surface area contributed by atoms with Gasteiger partial charge in [-0.05, 0) is 43.4 Å². The second-order valence-electron chi connectivity index (χ2n) is 6.34. The molecule has 0 saturated heterocycles. The molecule has 1 aliphatic rings. The molecule has 2 nitrogen and oxygen atoms in total. The van der Waals surface area contributed by atoms with E-state index < -0.39 is 0 Å². The lowest BCUT2D eigenvalue weighted by Gasteiger charge is -2.40. The van der Waals surface area contributed by atoms with Crippen LogP contribution in [0, 0.1) is 5.92 Å². The number of rotatable bonds is 5. The van der Waals surface area contributed by atoms with Gasteiger partial charge in [0, 0.05) is 18.6 Å². The molecule has 20 heavy (non-hydrogen) atoms. The van der Waals surface area contributed by atoms with Crippen LogP contribution in [0.25, 0.3) is 0 Å². The van der Waals surface area contributed by atoms with Crippen LogP contribution in [-0.2, 0) is 6.42 Å². The van der Waals surface area contributed by atoms with Gasteiger partial charge in [0.2, 0.25) is 0 Å². The van der Waals surface area contributed by atoms with Crippen LogP contribution >= 0.6 is 0 Å². The Hall–Kier alpha value is -0.860. The quantitative estimate of drug-likeness (QED) is 0.886. The standard InChI is InChI=1S/C18H30N2/c1-4-15-9-11-16(12-10-15)18(13-19)20(3)17-8-6-5-7-14(17)2/h9-12,14,17-18H,4-8,13,19H2,1-3H3. The first-order valence-corrected chi connectivity index (χ1v) is 8.18. The molecular formula is C18H30N2. The smallest absolute Gasteiger partial charge is 0.0470 e. The van der Waals surface area contributed by atoms with Crippen LogP contribution in [-0.4, -0.2) is 24.5 Å². The van der Waals surface area contributed by atoms with Gasteiger partial charge in [0.05, 0.1) is 0 Å². The van der Waals surface area contributed by atoms with E-state index in [1.807, 2.05) is 0 Å². The van der Waals surface area contributed by atoms with Crippen molar-refractivity contribution in [2.24, 2.45) is 11.7 Å². The Morgan fingerprint density at radius 3 is 2.40 bits per heavy atom. The van der Waals surface area contributed by atoms with Crippen molar-refractivity contribution in [2.45, 2.75) is 58.0 Å². The Balaban J connectivity index is 2.13. The largest absolute Gasteiger partial charge is 0.329 e. The lowest BCUT2D eigenvalue weighted by Crippen LogP contribution is -2.43. The third-order valence-corrected chi connectivity index (χ3v) is 5.08. The molecule has 0 bridgehead atoms. The van der Waals surface area contributed by atoms with E-state index in [0.29, 0.717) is 18.6 Å². The van der Waals surface area contributed by atoms with Gasteiger partial charge < -0.3 is 5.73 Å². The van der Waals surface area contributed by atoms with E-state index in [1.54, 1.807) is 0 Å². The SMILES string of the molecule is CCc1ccc(C(CN)N(C)C2CCCCC2C)cc1. The van der Waals surface area contributed by atoms with E-state index in [9.17, 15) is 0 Å². The number of likely N-dealkylation sites (N-methyl/N-ethyl adjacent to an activating group) is 1. The molecule has 0 aliphatic heterocycles. The fraction of sp³-hybridized carbons (Fsp3) is 0.667. The van der Waals surface area contributed by atoms with E-state index in [4.69, 9.17) is 5.73 Å². The second kappa shape index (κ2) is 7.24. The summed E-state index contributed by atoms with van der Waals surface area (Å²) < 4.78 is 0. The van der Waals surface area contributed by atoms with E-state index in [2.05, 4.69) is 50.1 Å². The molecular weight excluding hydrogens is 244 g/mol. The molecule has 0 heterocycles. The molecule has 1 fully saturated rings. The fourth-order valence-corrected chi connectivity index (χ4v) is 3.65. The predicted molar refractivity (Wildman–Crippen MR) is 86.8 cm³/mol. The highest BCUT2D eigenvalue weighted by Gasteiger charge is 2.29.